The van der Waals surface area contributed by atoms with Crippen molar-refractivity contribution in [3.8, 4) is 5.75 Å². The molecule has 0 aromatic heterocycles. The van der Waals surface area contributed by atoms with E-state index in [1.165, 1.54) is 20.2 Å². The van der Waals surface area contributed by atoms with E-state index in [1.807, 2.05) is 0 Å². The maximum Gasteiger partial charge on any atom is 0.243 e. The zero-order chi connectivity index (χ0) is 14.0. The molecule has 0 fully saturated rings. The summed E-state index contributed by atoms with van der Waals surface area (Å²) in [4.78, 5) is 11.4. The van der Waals surface area contributed by atoms with E-state index in [2.05, 4.69) is 5.32 Å². The average molecular weight is 284 g/mol. The molecule has 2 rings (SSSR count). The molecule has 1 aromatic carbocycles. The molecular formula is C12H16N2O4S. The number of ether oxygens (including phenoxy) is 1. The van der Waals surface area contributed by atoms with Gasteiger partial charge in [0.05, 0.1) is 18.0 Å². The largest absolute Gasteiger partial charge is 0.493 e. The summed E-state index contributed by atoms with van der Waals surface area (Å²) in [5.41, 5.74) is 0.884. The number of fused-ring (bicyclic) bond motifs is 1. The summed E-state index contributed by atoms with van der Waals surface area (Å²) in [6.45, 7) is 0.374. The fourth-order valence-corrected chi connectivity index (χ4v) is 3.05. The topological polar surface area (TPSA) is 75.7 Å². The highest BCUT2D eigenvalue weighted by Crippen LogP contribution is 2.28. The van der Waals surface area contributed by atoms with Crippen molar-refractivity contribution in [3.05, 3.63) is 23.8 Å². The first-order valence-corrected chi connectivity index (χ1v) is 7.32. The lowest BCUT2D eigenvalue weighted by molar-refractivity contribution is -0.120. The first-order chi connectivity index (χ1) is 8.95. The zero-order valence-corrected chi connectivity index (χ0v) is 11.7. The van der Waals surface area contributed by atoms with Crippen molar-refractivity contribution in [1.29, 1.82) is 0 Å². The Morgan fingerprint density at radius 2 is 2.21 bits per heavy atom. The second-order valence-electron chi connectivity index (χ2n) is 4.30. The highest BCUT2D eigenvalue weighted by Gasteiger charge is 2.24. The molecule has 1 aliphatic rings. The van der Waals surface area contributed by atoms with Crippen LogP contribution < -0.4 is 10.1 Å². The van der Waals surface area contributed by atoms with Gasteiger partial charge in [0, 0.05) is 20.5 Å². The summed E-state index contributed by atoms with van der Waals surface area (Å²) in [7, 11) is -0.798. The third kappa shape index (κ3) is 2.71. The van der Waals surface area contributed by atoms with Gasteiger partial charge in [-0.25, -0.2) is 8.42 Å². The minimum absolute atomic E-state index is 0.183. The van der Waals surface area contributed by atoms with Crippen LogP contribution in [0.3, 0.4) is 0 Å². The van der Waals surface area contributed by atoms with Crippen LogP contribution in [-0.2, 0) is 21.2 Å². The Morgan fingerprint density at radius 1 is 1.47 bits per heavy atom. The number of sulfonamides is 1. The van der Waals surface area contributed by atoms with Gasteiger partial charge in [-0.1, -0.05) is 0 Å². The SMILES string of the molecule is CNC(=O)CN(C)S(=O)(=O)c1ccc2c(c1)CCO2. The van der Waals surface area contributed by atoms with Crippen LogP contribution in [0.1, 0.15) is 5.56 Å². The molecule has 104 valence electrons. The molecule has 1 aromatic rings. The molecule has 0 radical (unpaired) electrons. The second-order valence-corrected chi connectivity index (χ2v) is 6.35. The van der Waals surface area contributed by atoms with Gasteiger partial charge in [-0.15, -0.1) is 0 Å². The van der Waals surface area contributed by atoms with Crippen LogP contribution in [-0.4, -0.2) is 45.9 Å². The molecule has 0 aliphatic carbocycles. The lowest BCUT2D eigenvalue weighted by Gasteiger charge is -2.16. The molecule has 1 heterocycles. The van der Waals surface area contributed by atoms with Crippen molar-refractivity contribution < 1.29 is 17.9 Å². The highest BCUT2D eigenvalue weighted by atomic mass is 32.2. The number of nitrogens with one attached hydrogen (secondary N) is 1. The number of nitrogens with zero attached hydrogens (tertiary/aromatic N) is 1. The summed E-state index contributed by atoms with van der Waals surface area (Å²) in [5, 5.41) is 2.40. The number of benzene rings is 1. The first-order valence-electron chi connectivity index (χ1n) is 5.88. The molecule has 19 heavy (non-hydrogen) atoms. The molecule has 7 heteroatoms. The van der Waals surface area contributed by atoms with Gasteiger partial charge in [0.15, 0.2) is 0 Å². The number of carbonyl (C=O) groups is 1. The van der Waals surface area contributed by atoms with Gasteiger partial charge in [0.25, 0.3) is 0 Å². The van der Waals surface area contributed by atoms with Gasteiger partial charge in [0.1, 0.15) is 5.75 Å². The number of hydrogen-bond donors (Lipinski definition) is 1. The minimum atomic E-state index is -3.65. The van der Waals surface area contributed by atoms with E-state index in [0.717, 1.165) is 15.6 Å². The van der Waals surface area contributed by atoms with E-state index >= 15 is 0 Å². The summed E-state index contributed by atoms with van der Waals surface area (Å²) in [5.74, 6) is 0.378. The summed E-state index contributed by atoms with van der Waals surface area (Å²) >= 11 is 0. The molecule has 1 aliphatic heterocycles. The normalized spacial score (nSPS) is 14.1. The average Bonchev–Trinajstić information content (AvgIpc) is 2.85. The maximum atomic E-state index is 12.3. The number of likely N-dealkylation sites (N-methyl/N-ethyl adjacent to an activating group) is 2. The fraction of sp³-hybridized carbons (Fsp3) is 0.417. The molecule has 0 bridgehead atoms. The van der Waals surface area contributed by atoms with Crippen molar-refractivity contribution in [3.63, 3.8) is 0 Å². The Balaban J connectivity index is 2.26. The van der Waals surface area contributed by atoms with Crippen LogP contribution >= 0.6 is 0 Å². The zero-order valence-electron chi connectivity index (χ0n) is 10.8. The Kier molecular flexibility index (Phi) is 3.77. The molecule has 1 amide bonds. The predicted molar refractivity (Wildman–Crippen MR) is 69.5 cm³/mol. The predicted octanol–water partition coefficient (Wildman–Crippen LogP) is -0.0120. The van der Waals surface area contributed by atoms with E-state index in [-0.39, 0.29) is 17.3 Å². The first kappa shape index (κ1) is 13.8. The molecule has 0 spiro atoms. The molecular weight excluding hydrogens is 268 g/mol. The number of amides is 1. The third-order valence-corrected chi connectivity index (χ3v) is 4.81. The van der Waals surface area contributed by atoms with Gasteiger partial charge in [-0.3, -0.25) is 4.79 Å². The van der Waals surface area contributed by atoms with Crippen LogP contribution in [0.4, 0.5) is 0 Å². The van der Waals surface area contributed by atoms with E-state index in [9.17, 15) is 13.2 Å². The van der Waals surface area contributed by atoms with Crippen molar-refractivity contribution in [2.24, 2.45) is 0 Å². The molecule has 0 saturated heterocycles. The van der Waals surface area contributed by atoms with E-state index < -0.39 is 10.0 Å². The highest BCUT2D eigenvalue weighted by molar-refractivity contribution is 7.89. The molecule has 0 atom stereocenters. The van der Waals surface area contributed by atoms with Gasteiger partial charge in [0.2, 0.25) is 15.9 Å². The standard InChI is InChI=1S/C12H16N2O4S/c1-13-12(15)8-14(2)19(16,17)10-3-4-11-9(7-10)5-6-18-11/h3-4,7H,5-6,8H2,1-2H3,(H,13,15). The smallest absolute Gasteiger partial charge is 0.243 e. The second kappa shape index (κ2) is 5.18. The monoisotopic (exact) mass is 284 g/mol. The Morgan fingerprint density at radius 3 is 2.89 bits per heavy atom. The van der Waals surface area contributed by atoms with Crippen molar-refractivity contribution >= 4 is 15.9 Å². The van der Waals surface area contributed by atoms with Crippen LogP contribution in [0.25, 0.3) is 0 Å². The quantitative estimate of drug-likeness (QED) is 0.843. The van der Waals surface area contributed by atoms with Crippen molar-refractivity contribution in [2.45, 2.75) is 11.3 Å². The maximum absolute atomic E-state index is 12.3. The summed E-state index contributed by atoms with van der Waals surface area (Å²) in [6.07, 6.45) is 0.706. The number of carbonyl (C=O) groups excluding carboxylic acids is 1. The number of rotatable bonds is 4. The van der Waals surface area contributed by atoms with Gasteiger partial charge in [-0.2, -0.15) is 4.31 Å². The van der Waals surface area contributed by atoms with Gasteiger partial charge < -0.3 is 10.1 Å². The fourth-order valence-electron chi connectivity index (χ4n) is 1.87. The van der Waals surface area contributed by atoms with E-state index in [1.54, 1.807) is 12.1 Å². The Labute approximate surface area is 112 Å². The van der Waals surface area contributed by atoms with Crippen molar-refractivity contribution in [1.82, 2.24) is 9.62 Å². The van der Waals surface area contributed by atoms with E-state index in [0.29, 0.717) is 13.0 Å². The van der Waals surface area contributed by atoms with Crippen LogP contribution in [0.2, 0.25) is 0 Å². The Bertz CT molecular complexity index is 598. The van der Waals surface area contributed by atoms with Gasteiger partial charge in [-0.05, 0) is 23.8 Å². The molecule has 6 nitrogen and oxygen atoms in total. The minimum Gasteiger partial charge on any atom is -0.493 e. The lowest BCUT2D eigenvalue weighted by Crippen LogP contribution is -2.36. The third-order valence-electron chi connectivity index (χ3n) is 3.01. The lowest BCUT2D eigenvalue weighted by atomic mass is 10.2. The summed E-state index contributed by atoms with van der Waals surface area (Å²) < 4.78 is 30.9. The Hall–Kier alpha value is -1.60. The number of hydrogen-bond acceptors (Lipinski definition) is 4. The van der Waals surface area contributed by atoms with E-state index in [4.69, 9.17) is 4.74 Å². The van der Waals surface area contributed by atoms with Crippen LogP contribution in [0.15, 0.2) is 23.1 Å². The van der Waals surface area contributed by atoms with Crippen LogP contribution in [0.5, 0.6) is 5.75 Å². The molecule has 0 unspecified atom stereocenters. The summed E-state index contributed by atoms with van der Waals surface area (Å²) in [6, 6.07) is 4.76. The van der Waals surface area contributed by atoms with Crippen LogP contribution in [0, 0.1) is 0 Å². The molecule has 1 N–H and O–H groups in total. The molecule has 0 saturated carbocycles. The van der Waals surface area contributed by atoms with Crippen molar-refractivity contribution in [2.75, 3.05) is 27.2 Å². The van der Waals surface area contributed by atoms with Gasteiger partial charge >= 0.3 is 0 Å².